The van der Waals surface area contributed by atoms with Crippen molar-refractivity contribution in [3.05, 3.63) is 0 Å². The van der Waals surface area contributed by atoms with Crippen LogP contribution in [0.5, 0.6) is 0 Å². The van der Waals surface area contributed by atoms with E-state index in [1.54, 1.807) is 11.9 Å². The van der Waals surface area contributed by atoms with Crippen molar-refractivity contribution < 1.29 is 14.7 Å². The van der Waals surface area contributed by atoms with Gasteiger partial charge in [-0.3, -0.25) is 4.79 Å². The number of piperidine rings is 1. The van der Waals surface area contributed by atoms with Gasteiger partial charge in [0.05, 0.1) is 5.41 Å². The highest BCUT2D eigenvalue weighted by Gasteiger charge is 2.44. The lowest BCUT2D eigenvalue weighted by atomic mass is 9.69. The Morgan fingerprint density at radius 2 is 2.10 bits per heavy atom. The van der Waals surface area contributed by atoms with E-state index in [1.807, 2.05) is 0 Å². The van der Waals surface area contributed by atoms with Crippen LogP contribution in [0.4, 0.5) is 4.79 Å². The van der Waals surface area contributed by atoms with E-state index in [-0.39, 0.29) is 18.6 Å². The first-order valence-corrected chi connectivity index (χ1v) is 7.37. The fourth-order valence-electron chi connectivity index (χ4n) is 3.06. The Kier molecular flexibility index (Phi) is 4.52. The SMILES string of the molecule is CN1CCCC(N(C)C(=O)NCC2(C(=O)O)CCC2)C1. The number of hydrogen-bond acceptors (Lipinski definition) is 3. The first-order chi connectivity index (χ1) is 9.44. The molecular weight excluding hydrogens is 258 g/mol. The number of hydrogen-bond donors (Lipinski definition) is 2. The monoisotopic (exact) mass is 283 g/mol. The van der Waals surface area contributed by atoms with Crippen molar-refractivity contribution in [1.29, 1.82) is 0 Å². The Morgan fingerprint density at radius 3 is 2.60 bits per heavy atom. The molecule has 0 aromatic heterocycles. The first-order valence-electron chi connectivity index (χ1n) is 7.37. The van der Waals surface area contributed by atoms with E-state index in [2.05, 4.69) is 17.3 Å². The van der Waals surface area contributed by atoms with Crippen LogP contribution in [0.25, 0.3) is 0 Å². The second kappa shape index (κ2) is 5.99. The van der Waals surface area contributed by atoms with Gasteiger partial charge < -0.3 is 20.2 Å². The summed E-state index contributed by atoms with van der Waals surface area (Å²) in [5.41, 5.74) is -0.722. The molecule has 0 aromatic rings. The third-order valence-corrected chi connectivity index (χ3v) is 4.81. The van der Waals surface area contributed by atoms with E-state index in [0.717, 1.165) is 32.4 Å². The molecule has 1 unspecified atom stereocenters. The van der Waals surface area contributed by atoms with Gasteiger partial charge in [0, 0.05) is 26.2 Å². The molecule has 1 heterocycles. The Labute approximate surface area is 120 Å². The van der Waals surface area contributed by atoms with Crippen LogP contribution in [0, 0.1) is 5.41 Å². The van der Waals surface area contributed by atoms with Gasteiger partial charge in [-0.2, -0.15) is 0 Å². The summed E-state index contributed by atoms with van der Waals surface area (Å²) in [6.45, 7) is 2.20. The van der Waals surface area contributed by atoms with Crippen molar-refractivity contribution in [3.63, 3.8) is 0 Å². The summed E-state index contributed by atoms with van der Waals surface area (Å²) in [6, 6.07) is 0.0637. The van der Waals surface area contributed by atoms with Gasteiger partial charge in [-0.05, 0) is 39.3 Å². The van der Waals surface area contributed by atoms with Gasteiger partial charge in [-0.1, -0.05) is 6.42 Å². The lowest BCUT2D eigenvalue weighted by Gasteiger charge is -2.39. The summed E-state index contributed by atoms with van der Waals surface area (Å²) in [6.07, 6.45) is 4.37. The van der Waals surface area contributed by atoms with E-state index in [4.69, 9.17) is 0 Å². The van der Waals surface area contributed by atoms with E-state index in [9.17, 15) is 14.7 Å². The molecule has 114 valence electrons. The average molecular weight is 283 g/mol. The van der Waals surface area contributed by atoms with E-state index in [0.29, 0.717) is 12.8 Å². The van der Waals surface area contributed by atoms with Gasteiger partial charge in [-0.25, -0.2) is 4.79 Å². The summed E-state index contributed by atoms with van der Waals surface area (Å²) in [5.74, 6) is -0.788. The van der Waals surface area contributed by atoms with E-state index >= 15 is 0 Å². The molecule has 0 bridgehead atoms. The molecule has 2 fully saturated rings. The molecule has 1 aliphatic carbocycles. The second-order valence-corrected chi connectivity index (χ2v) is 6.27. The number of carbonyl (C=O) groups is 2. The van der Waals surface area contributed by atoms with Crippen molar-refractivity contribution in [2.45, 2.75) is 38.1 Å². The molecular formula is C14H25N3O3. The maximum absolute atomic E-state index is 12.2. The van der Waals surface area contributed by atoms with Crippen molar-refractivity contribution >= 4 is 12.0 Å². The number of carbonyl (C=O) groups excluding carboxylic acids is 1. The van der Waals surface area contributed by atoms with Gasteiger partial charge in [-0.15, -0.1) is 0 Å². The van der Waals surface area contributed by atoms with E-state index < -0.39 is 11.4 Å². The van der Waals surface area contributed by atoms with Crippen LogP contribution in [0.1, 0.15) is 32.1 Å². The van der Waals surface area contributed by atoms with Crippen LogP contribution in [0.15, 0.2) is 0 Å². The minimum absolute atomic E-state index is 0.155. The van der Waals surface area contributed by atoms with Crippen LogP contribution >= 0.6 is 0 Å². The molecule has 0 spiro atoms. The van der Waals surface area contributed by atoms with Crippen LogP contribution in [0.3, 0.4) is 0 Å². The van der Waals surface area contributed by atoms with Crippen LogP contribution in [-0.2, 0) is 4.79 Å². The smallest absolute Gasteiger partial charge is 0.317 e. The zero-order valence-electron chi connectivity index (χ0n) is 12.4. The standard InChI is InChI=1S/C14H25N3O3/c1-16-8-3-5-11(9-16)17(2)13(20)15-10-14(12(18)19)6-4-7-14/h11H,3-10H2,1-2H3,(H,15,20)(H,18,19). The third kappa shape index (κ3) is 3.06. The molecule has 2 rings (SSSR count). The van der Waals surface area contributed by atoms with Gasteiger partial charge in [0.1, 0.15) is 0 Å². The minimum Gasteiger partial charge on any atom is -0.481 e. The van der Waals surface area contributed by atoms with Gasteiger partial charge in [0.2, 0.25) is 0 Å². The molecule has 1 atom stereocenters. The van der Waals surface area contributed by atoms with Gasteiger partial charge in [0.15, 0.2) is 0 Å². The normalized spacial score (nSPS) is 25.6. The fourth-order valence-corrected chi connectivity index (χ4v) is 3.06. The lowest BCUT2D eigenvalue weighted by molar-refractivity contribution is -0.153. The predicted octanol–water partition coefficient (Wildman–Crippen LogP) is 0.977. The quantitative estimate of drug-likeness (QED) is 0.806. The number of urea groups is 1. The molecule has 20 heavy (non-hydrogen) atoms. The molecule has 1 saturated heterocycles. The van der Waals surface area contributed by atoms with Gasteiger partial charge >= 0.3 is 12.0 Å². The summed E-state index contributed by atoms with van der Waals surface area (Å²) in [4.78, 5) is 27.4. The van der Waals surface area contributed by atoms with Gasteiger partial charge in [0.25, 0.3) is 0 Å². The highest BCUT2D eigenvalue weighted by molar-refractivity contribution is 5.79. The maximum atomic E-state index is 12.2. The van der Waals surface area contributed by atoms with Crippen molar-refractivity contribution in [2.24, 2.45) is 5.41 Å². The average Bonchev–Trinajstić information content (AvgIpc) is 2.35. The molecule has 2 aliphatic rings. The summed E-state index contributed by atoms with van der Waals surface area (Å²) in [7, 11) is 3.86. The molecule has 6 heteroatoms. The van der Waals surface area contributed by atoms with E-state index in [1.165, 1.54) is 0 Å². The van der Waals surface area contributed by atoms with Crippen molar-refractivity contribution in [3.8, 4) is 0 Å². The molecule has 0 radical (unpaired) electrons. The molecule has 1 saturated carbocycles. The zero-order chi connectivity index (χ0) is 14.8. The van der Waals surface area contributed by atoms with Crippen molar-refractivity contribution in [1.82, 2.24) is 15.1 Å². The number of rotatable bonds is 4. The number of carboxylic acids is 1. The lowest BCUT2D eigenvalue weighted by Crippen LogP contribution is -2.54. The number of nitrogens with zero attached hydrogens (tertiary/aromatic N) is 2. The molecule has 0 aromatic carbocycles. The second-order valence-electron chi connectivity index (χ2n) is 6.27. The number of amides is 2. The Bertz CT molecular complexity index is 382. The van der Waals surface area contributed by atoms with Crippen LogP contribution in [-0.4, -0.2) is 66.7 Å². The zero-order valence-corrected chi connectivity index (χ0v) is 12.4. The van der Waals surface area contributed by atoms with Crippen molar-refractivity contribution in [2.75, 3.05) is 33.7 Å². The maximum Gasteiger partial charge on any atom is 0.317 e. The number of nitrogens with one attached hydrogen (secondary N) is 1. The third-order valence-electron chi connectivity index (χ3n) is 4.81. The highest BCUT2D eigenvalue weighted by Crippen LogP contribution is 2.40. The summed E-state index contributed by atoms with van der Waals surface area (Å²) >= 11 is 0. The topological polar surface area (TPSA) is 72.9 Å². The largest absolute Gasteiger partial charge is 0.481 e. The number of carboxylic acid groups (broad SMARTS) is 1. The van der Waals surface area contributed by atoms with Crippen LogP contribution < -0.4 is 5.32 Å². The first kappa shape index (κ1) is 15.1. The number of likely N-dealkylation sites (tertiary alicyclic amines) is 1. The molecule has 6 nitrogen and oxygen atoms in total. The van der Waals surface area contributed by atoms with Crippen LogP contribution in [0.2, 0.25) is 0 Å². The molecule has 1 aliphatic heterocycles. The molecule has 2 amide bonds. The minimum atomic E-state index is -0.788. The molecule has 2 N–H and O–H groups in total. The number of likely N-dealkylation sites (N-methyl/N-ethyl adjacent to an activating group) is 2. The highest BCUT2D eigenvalue weighted by atomic mass is 16.4. The summed E-state index contributed by atoms with van der Waals surface area (Å²) < 4.78 is 0. The Hall–Kier alpha value is -1.30. The predicted molar refractivity (Wildman–Crippen MR) is 75.6 cm³/mol. The Morgan fingerprint density at radius 1 is 1.40 bits per heavy atom. The Balaban J connectivity index is 1.83. The fraction of sp³-hybridized carbons (Fsp3) is 0.857. The summed E-state index contributed by atoms with van der Waals surface area (Å²) in [5, 5.41) is 12.1. The number of aliphatic carboxylic acids is 1.